The van der Waals surface area contributed by atoms with Crippen LogP contribution in [-0.2, 0) is 9.53 Å². The molecular weight excluding hydrogens is 392 g/mol. The minimum Gasteiger partial charge on any atom is -0.490 e. The average molecular weight is 429 g/mol. The number of carbonyl (C=O) groups is 1. The van der Waals surface area contributed by atoms with Gasteiger partial charge in [0.2, 0.25) is 0 Å². The van der Waals surface area contributed by atoms with Gasteiger partial charge in [-0.2, -0.15) is 0 Å². The number of aliphatic carboxylic acids is 1. The largest absolute Gasteiger partial charge is 0.490 e. The van der Waals surface area contributed by atoms with E-state index >= 15 is 0 Å². The summed E-state index contributed by atoms with van der Waals surface area (Å²) in [6, 6.07) is 7.52. The summed E-state index contributed by atoms with van der Waals surface area (Å²) >= 11 is 0. The first-order chi connectivity index (χ1) is 15.2. The minimum atomic E-state index is -0.769. The van der Waals surface area contributed by atoms with Crippen LogP contribution in [0.4, 0.5) is 0 Å². The lowest BCUT2D eigenvalue weighted by Gasteiger charge is -2.13. The lowest BCUT2D eigenvalue weighted by molar-refractivity contribution is -0.139. The van der Waals surface area contributed by atoms with Crippen LogP contribution >= 0.6 is 0 Å². The Kier molecular flexibility index (Phi) is 11.6. The van der Waals surface area contributed by atoms with E-state index in [9.17, 15) is 9.90 Å². The fourth-order valence-corrected chi connectivity index (χ4v) is 3.28. The highest BCUT2D eigenvalue weighted by atomic mass is 16.5. The van der Waals surface area contributed by atoms with E-state index in [1.54, 1.807) is 12.4 Å². The molecule has 31 heavy (non-hydrogen) atoms. The molecule has 170 valence electrons. The Labute approximate surface area is 186 Å². The zero-order valence-electron chi connectivity index (χ0n) is 18.9. The molecule has 1 aromatic heterocycles. The molecule has 0 saturated heterocycles. The zero-order valence-corrected chi connectivity index (χ0v) is 18.9. The highest BCUT2D eigenvalue weighted by Crippen LogP contribution is 2.25. The average Bonchev–Trinajstić information content (AvgIpc) is 2.79. The van der Waals surface area contributed by atoms with Crippen LogP contribution in [0.3, 0.4) is 0 Å². The second kappa shape index (κ2) is 14.5. The van der Waals surface area contributed by atoms with Crippen molar-refractivity contribution in [2.75, 3.05) is 19.8 Å². The Morgan fingerprint density at radius 3 is 2.19 bits per heavy atom. The predicted octanol–water partition coefficient (Wildman–Crippen LogP) is 5.87. The summed E-state index contributed by atoms with van der Waals surface area (Å²) in [5, 5.41) is 9.55. The van der Waals surface area contributed by atoms with Gasteiger partial charge in [0, 0.05) is 18.8 Å². The molecule has 0 spiro atoms. The molecule has 0 aliphatic carbocycles. The van der Waals surface area contributed by atoms with E-state index in [-0.39, 0.29) is 0 Å². The number of hydrogen-bond acceptors (Lipinski definition) is 5. The van der Waals surface area contributed by atoms with Gasteiger partial charge in [0.25, 0.3) is 0 Å². The first kappa shape index (κ1) is 24.8. The van der Waals surface area contributed by atoms with Gasteiger partial charge in [-0.3, -0.25) is 4.79 Å². The monoisotopic (exact) mass is 428 g/mol. The van der Waals surface area contributed by atoms with Crippen molar-refractivity contribution >= 4 is 5.97 Å². The van der Waals surface area contributed by atoms with E-state index in [0.717, 1.165) is 69.3 Å². The molecule has 1 N–H and O–H groups in total. The first-order valence-electron chi connectivity index (χ1n) is 11.5. The Hall–Kier alpha value is -2.47. The van der Waals surface area contributed by atoms with E-state index < -0.39 is 11.9 Å². The van der Waals surface area contributed by atoms with Crippen molar-refractivity contribution in [2.45, 2.75) is 71.1 Å². The first-order valence-corrected chi connectivity index (χ1v) is 11.5. The predicted molar refractivity (Wildman–Crippen MR) is 122 cm³/mol. The molecule has 2 aromatic rings. The van der Waals surface area contributed by atoms with Crippen molar-refractivity contribution in [1.29, 1.82) is 0 Å². The molecule has 0 amide bonds. The molecule has 1 unspecified atom stereocenters. The molecule has 0 aliphatic rings. The summed E-state index contributed by atoms with van der Waals surface area (Å²) in [5.41, 5.74) is 1.68. The van der Waals surface area contributed by atoms with Crippen molar-refractivity contribution in [3.05, 3.63) is 42.2 Å². The highest BCUT2D eigenvalue weighted by molar-refractivity contribution is 5.76. The quantitative estimate of drug-likeness (QED) is 0.337. The van der Waals surface area contributed by atoms with Gasteiger partial charge < -0.3 is 14.6 Å². The van der Waals surface area contributed by atoms with Crippen molar-refractivity contribution in [1.82, 2.24) is 9.97 Å². The fraction of sp³-hybridized carbons (Fsp3) is 0.560. The van der Waals surface area contributed by atoms with E-state index in [1.807, 2.05) is 24.3 Å². The number of rotatable bonds is 16. The maximum Gasteiger partial charge on any atom is 0.310 e. The standard InChI is InChI=1S/C25H36N2O4/c1-3-5-7-10-23(25(28)29)20-11-13-21(14-12-20)24-26-18-22(19-27-24)31-17-9-8-16-30-15-6-4-2/h11-14,18-19,23H,3-10,15-17H2,1-2H3,(H,28,29). The number of aromatic nitrogens is 2. The van der Waals surface area contributed by atoms with Crippen LogP contribution in [0.5, 0.6) is 5.75 Å². The molecule has 1 aromatic carbocycles. The lowest BCUT2D eigenvalue weighted by atomic mass is 9.92. The van der Waals surface area contributed by atoms with Gasteiger partial charge >= 0.3 is 5.97 Å². The molecular formula is C25H36N2O4. The maximum absolute atomic E-state index is 11.6. The van der Waals surface area contributed by atoms with Gasteiger partial charge in [0.15, 0.2) is 11.6 Å². The van der Waals surface area contributed by atoms with Gasteiger partial charge in [-0.15, -0.1) is 0 Å². The molecule has 0 bridgehead atoms. The number of hydrogen-bond donors (Lipinski definition) is 1. The highest BCUT2D eigenvalue weighted by Gasteiger charge is 2.19. The van der Waals surface area contributed by atoms with E-state index in [0.29, 0.717) is 24.6 Å². The Morgan fingerprint density at radius 2 is 1.55 bits per heavy atom. The lowest BCUT2D eigenvalue weighted by Crippen LogP contribution is -2.11. The zero-order chi connectivity index (χ0) is 22.3. The number of carboxylic acids is 1. The number of benzene rings is 1. The molecule has 0 radical (unpaired) electrons. The summed E-state index contributed by atoms with van der Waals surface area (Å²) in [4.78, 5) is 20.4. The number of ether oxygens (including phenoxy) is 2. The minimum absolute atomic E-state index is 0.464. The second-order valence-corrected chi connectivity index (χ2v) is 7.77. The molecule has 2 rings (SSSR count). The smallest absolute Gasteiger partial charge is 0.310 e. The molecule has 6 nitrogen and oxygen atoms in total. The van der Waals surface area contributed by atoms with Crippen LogP contribution in [0, 0.1) is 0 Å². The molecule has 0 fully saturated rings. The van der Waals surface area contributed by atoms with Crippen LogP contribution < -0.4 is 4.74 Å². The summed E-state index contributed by atoms with van der Waals surface area (Å²) in [7, 11) is 0. The number of nitrogens with zero attached hydrogens (tertiary/aromatic N) is 2. The summed E-state index contributed by atoms with van der Waals surface area (Å²) in [6.07, 6.45) is 11.3. The molecule has 6 heteroatoms. The Bertz CT molecular complexity index is 747. The van der Waals surface area contributed by atoms with Crippen molar-refractivity contribution < 1.29 is 19.4 Å². The van der Waals surface area contributed by atoms with Crippen LogP contribution in [0.25, 0.3) is 11.4 Å². The van der Waals surface area contributed by atoms with Gasteiger partial charge in [-0.1, -0.05) is 63.8 Å². The van der Waals surface area contributed by atoms with Crippen LogP contribution in [0.15, 0.2) is 36.7 Å². The summed E-state index contributed by atoms with van der Waals surface area (Å²) < 4.78 is 11.2. The van der Waals surface area contributed by atoms with E-state index in [1.165, 1.54) is 0 Å². The number of unbranched alkanes of at least 4 members (excludes halogenated alkanes) is 4. The number of carboxylic acid groups (broad SMARTS) is 1. The molecule has 1 heterocycles. The van der Waals surface area contributed by atoms with Gasteiger partial charge in [-0.25, -0.2) is 9.97 Å². The second-order valence-electron chi connectivity index (χ2n) is 7.77. The van der Waals surface area contributed by atoms with Crippen LogP contribution in [0.1, 0.15) is 76.7 Å². The SMILES string of the molecule is CCCCCC(C(=O)O)c1ccc(-c2ncc(OCCCCOCCCC)cn2)cc1. The van der Waals surface area contributed by atoms with Crippen molar-refractivity contribution in [3.8, 4) is 17.1 Å². The Balaban J connectivity index is 1.82. The normalized spacial score (nSPS) is 11.9. The summed E-state index contributed by atoms with van der Waals surface area (Å²) in [5.74, 6) is 0.0127. The third kappa shape index (κ3) is 9.05. The van der Waals surface area contributed by atoms with E-state index in [4.69, 9.17) is 9.47 Å². The Morgan fingerprint density at radius 1 is 0.903 bits per heavy atom. The topological polar surface area (TPSA) is 81.5 Å². The fourth-order valence-electron chi connectivity index (χ4n) is 3.28. The third-order valence-corrected chi connectivity index (χ3v) is 5.19. The van der Waals surface area contributed by atoms with Crippen molar-refractivity contribution in [3.63, 3.8) is 0 Å². The molecule has 0 aliphatic heterocycles. The van der Waals surface area contributed by atoms with E-state index in [2.05, 4.69) is 23.8 Å². The van der Waals surface area contributed by atoms with Crippen LogP contribution in [0.2, 0.25) is 0 Å². The van der Waals surface area contributed by atoms with Gasteiger partial charge in [0.05, 0.1) is 24.9 Å². The summed E-state index contributed by atoms with van der Waals surface area (Å²) in [6.45, 7) is 6.50. The van der Waals surface area contributed by atoms with Crippen molar-refractivity contribution in [2.24, 2.45) is 0 Å². The van der Waals surface area contributed by atoms with Gasteiger partial charge in [-0.05, 0) is 31.2 Å². The third-order valence-electron chi connectivity index (χ3n) is 5.19. The van der Waals surface area contributed by atoms with Crippen LogP contribution in [-0.4, -0.2) is 40.9 Å². The molecule has 1 atom stereocenters. The van der Waals surface area contributed by atoms with Gasteiger partial charge in [0.1, 0.15) is 0 Å². The molecule has 0 saturated carbocycles. The maximum atomic E-state index is 11.6.